The molecule has 1 aliphatic heterocycles. The van der Waals surface area contributed by atoms with Gasteiger partial charge in [-0.05, 0) is 36.6 Å². The topological polar surface area (TPSA) is 103 Å². The quantitative estimate of drug-likeness (QED) is 0.589. The Kier molecular flexibility index (Phi) is 5.82. The zero-order chi connectivity index (χ0) is 22.0. The van der Waals surface area contributed by atoms with E-state index in [9.17, 15) is 18.0 Å². The molecule has 1 saturated heterocycles. The molecule has 1 fully saturated rings. The van der Waals surface area contributed by atoms with E-state index in [0.717, 1.165) is 16.5 Å². The second kappa shape index (κ2) is 8.55. The van der Waals surface area contributed by atoms with E-state index in [1.807, 2.05) is 37.3 Å². The minimum absolute atomic E-state index is 0.0372. The van der Waals surface area contributed by atoms with Gasteiger partial charge < -0.3 is 14.5 Å². The number of hydrogen-bond donors (Lipinski definition) is 1. The number of aryl methyl sites for hydroxylation is 1. The van der Waals surface area contributed by atoms with Crippen LogP contribution in [-0.4, -0.2) is 38.5 Å². The Bertz CT molecular complexity index is 1280. The molecule has 1 aromatic heterocycles. The van der Waals surface area contributed by atoms with Crippen LogP contribution in [0.15, 0.2) is 57.7 Å². The molecule has 162 valence electrons. The summed E-state index contributed by atoms with van der Waals surface area (Å²) in [4.78, 5) is 24.6. The lowest BCUT2D eigenvalue weighted by Crippen LogP contribution is -2.38. The second-order valence-electron chi connectivity index (χ2n) is 7.77. The van der Waals surface area contributed by atoms with Crippen LogP contribution in [0, 0.1) is 6.92 Å². The highest BCUT2D eigenvalue weighted by atomic mass is 32.2. The van der Waals surface area contributed by atoms with Crippen LogP contribution in [0.1, 0.15) is 23.1 Å². The largest absolute Gasteiger partial charge is 0.484 e. The number of rotatable bonds is 6. The highest BCUT2D eigenvalue weighted by molar-refractivity contribution is 7.91. The molecular weight excluding hydrogens is 418 g/mol. The molecule has 1 N–H and O–H groups in total. The predicted molar refractivity (Wildman–Crippen MR) is 117 cm³/mol. The zero-order valence-corrected chi connectivity index (χ0v) is 17.9. The summed E-state index contributed by atoms with van der Waals surface area (Å²) < 4.78 is 34.0. The van der Waals surface area contributed by atoms with E-state index in [4.69, 9.17) is 9.15 Å². The Labute approximate surface area is 180 Å². The third-order valence-corrected chi connectivity index (χ3v) is 7.22. The fourth-order valence-corrected chi connectivity index (χ4v) is 5.47. The van der Waals surface area contributed by atoms with Crippen LogP contribution in [0.25, 0.3) is 11.0 Å². The summed E-state index contributed by atoms with van der Waals surface area (Å²) in [5.74, 6) is 0.0524. The van der Waals surface area contributed by atoms with Gasteiger partial charge >= 0.3 is 5.63 Å². The Balaban J connectivity index is 1.46. The van der Waals surface area contributed by atoms with Crippen molar-refractivity contribution in [3.05, 3.63) is 75.6 Å². The van der Waals surface area contributed by atoms with Gasteiger partial charge in [-0.25, -0.2) is 13.2 Å². The molecule has 4 rings (SSSR count). The van der Waals surface area contributed by atoms with Crippen molar-refractivity contribution in [2.45, 2.75) is 25.8 Å². The SMILES string of the molecule is Cc1c(Cc2ccccc2)c(=O)oc2cc(OCC(=O)N[C@@H]3CCS(=O)(=O)C3)ccc12. The smallest absolute Gasteiger partial charge is 0.340 e. The standard InChI is InChI=1S/C23H23NO6S/c1-15-19-8-7-18(29-13-22(25)24-17-9-10-31(27,28)14-17)12-21(19)30-23(26)20(15)11-16-5-3-2-4-6-16/h2-8,12,17H,9-11,13-14H2,1H3,(H,24,25)/t17-/m1/s1. The van der Waals surface area contributed by atoms with Crippen LogP contribution in [0.2, 0.25) is 0 Å². The minimum Gasteiger partial charge on any atom is -0.484 e. The maximum atomic E-state index is 12.6. The van der Waals surface area contributed by atoms with Crippen LogP contribution in [0.3, 0.4) is 0 Å². The molecule has 0 unspecified atom stereocenters. The first-order valence-electron chi connectivity index (χ1n) is 10.0. The van der Waals surface area contributed by atoms with E-state index < -0.39 is 21.4 Å². The van der Waals surface area contributed by atoms with Crippen LogP contribution in [0.5, 0.6) is 5.75 Å². The molecule has 2 heterocycles. The number of carbonyl (C=O) groups is 1. The van der Waals surface area contributed by atoms with Crippen LogP contribution in [-0.2, 0) is 21.1 Å². The maximum absolute atomic E-state index is 12.6. The Morgan fingerprint density at radius 2 is 1.97 bits per heavy atom. The third-order valence-electron chi connectivity index (χ3n) is 5.45. The molecule has 0 bridgehead atoms. The van der Waals surface area contributed by atoms with E-state index in [0.29, 0.717) is 29.7 Å². The summed E-state index contributed by atoms with van der Waals surface area (Å²) >= 11 is 0. The average Bonchev–Trinajstić information content (AvgIpc) is 3.08. The number of ether oxygens (including phenoxy) is 1. The van der Waals surface area contributed by atoms with Gasteiger partial charge in [0.15, 0.2) is 16.4 Å². The first kappa shape index (κ1) is 21.1. The van der Waals surface area contributed by atoms with Crippen molar-refractivity contribution < 1.29 is 22.4 Å². The van der Waals surface area contributed by atoms with Crippen LogP contribution < -0.4 is 15.7 Å². The van der Waals surface area contributed by atoms with Gasteiger partial charge in [0.1, 0.15) is 11.3 Å². The van der Waals surface area contributed by atoms with Crippen LogP contribution in [0.4, 0.5) is 0 Å². The predicted octanol–water partition coefficient (Wildman–Crippen LogP) is 2.37. The van der Waals surface area contributed by atoms with E-state index >= 15 is 0 Å². The molecule has 0 spiro atoms. The summed E-state index contributed by atoms with van der Waals surface area (Å²) in [6, 6.07) is 14.4. The van der Waals surface area contributed by atoms with E-state index in [1.165, 1.54) is 0 Å². The van der Waals surface area contributed by atoms with E-state index in [1.54, 1.807) is 18.2 Å². The minimum atomic E-state index is -3.06. The Morgan fingerprint density at radius 3 is 2.68 bits per heavy atom. The van der Waals surface area contributed by atoms with Gasteiger partial charge in [0.2, 0.25) is 0 Å². The van der Waals surface area contributed by atoms with E-state index in [2.05, 4.69) is 5.32 Å². The lowest BCUT2D eigenvalue weighted by atomic mass is 10.00. The van der Waals surface area contributed by atoms with Gasteiger partial charge in [-0.2, -0.15) is 0 Å². The monoisotopic (exact) mass is 441 g/mol. The van der Waals surface area contributed by atoms with Gasteiger partial charge in [-0.15, -0.1) is 0 Å². The molecule has 0 aliphatic carbocycles. The fourth-order valence-electron chi connectivity index (χ4n) is 3.80. The Hall–Kier alpha value is -3.13. The molecule has 1 amide bonds. The molecule has 7 nitrogen and oxygen atoms in total. The summed E-state index contributed by atoms with van der Waals surface area (Å²) in [7, 11) is -3.06. The molecule has 3 aromatic rings. The van der Waals surface area contributed by atoms with Gasteiger partial charge in [-0.3, -0.25) is 4.79 Å². The first-order valence-corrected chi connectivity index (χ1v) is 11.9. The lowest BCUT2D eigenvalue weighted by Gasteiger charge is -2.12. The van der Waals surface area contributed by atoms with Crippen molar-refractivity contribution in [1.29, 1.82) is 0 Å². The van der Waals surface area contributed by atoms with Crippen molar-refractivity contribution in [2.75, 3.05) is 18.1 Å². The normalized spacial score (nSPS) is 17.5. The van der Waals surface area contributed by atoms with Crippen molar-refractivity contribution in [3.63, 3.8) is 0 Å². The van der Waals surface area contributed by atoms with Gasteiger partial charge in [0.05, 0.1) is 11.5 Å². The lowest BCUT2D eigenvalue weighted by molar-refractivity contribution is -0.123. The molecule has 0 saturated carbocycles. The van der Waals surface area contributed by atoms with Crippen molar-refractivity contribution >= 4 is 26.7 Å². The van der Waals surface area contributed by atoms with Gasteiger partial charge in [0.25, 0.3) is 5.91 Å². The van der Waals surface area contributed by atoms with Crippen molar-refractivity contribution in [2.24, 2.45) is 0 Å². The number of sulfone groups is 1. The number of hydrogen-bond acceptors (Lipinski definition) is 6. The molecule has 1 atom stereocenters. The van der Waals surface area contributed by atoms with E-state index in [-0.39, 0.29) is 24.2 Å². The van der Waals surface area contributed by atoms with Gasteiger partial charge in [-0.1, -0.05) is 30.3 Å². The van der Waals surface area contributed by atoms with Crippen molar-refractivity contribution in [3.8, 4) is 5.75 Å². The van der Waals surface area contributed by atoms with Crippen LogP contribution >= 0.6 is 0 Å². The summed E-state index contributed by atoms with van der Waals surface area (Å²) in [5.41, 5.74) is 2.48. The first-order chi connectivity index (χ1) is 14.8. The molecule has 1 aliphatic rings. The van der Waals surface area contributed by atoms with Crippen molar-refractivity contribution in [1.82, 2.24) is 5.32 Å². The summed E-state index contributed by atoms with van der Waals surface area (Å²) in [6.07, 6.45) is 0.903. The zero-order valence-electron chi connectivity index (χ0n) is 17.1. The number of benzene rings is 2. The summed E-state index contributed by atoms with van der Waals surface area (Å²) in [6.45, 7) is 1.64. The number of fused-ring (bicyclic) bond motifs is 1. The Morgan fingerprint density at radius 1 is 1.19 bits per heavy atom. The number of amides is 1. The second-order valence-corrected chi connectivity index (χ2v) is 10.00. The highest BCUT2D eigenvalue weighted by Gasteiger charge is 2.28. The molecule has 31 heavy (non-hydrogen) atoms. The van der Waals surface area contributed by atoms with Gasteiger partial charge in [0, 0.05) is 29.5 Å². The number of carbonyl (C=O) groups excluding carboxylic acids is 1. The third kappa shape index (κ3) is 4.96. The fraction of sp³-hybridized carbons (Fsp3) is 0.304. The molecular formula is C23H23NO6S. The molecule has 2 aromatic carbocycles. The maximum Gasteiger partial charge on any atom is 0.340 e. The summed E-state index contributed by atoms with van der Waals surface area (Å²) in [5, 5.41) is 3.48. The average molecular weight is 442 g/mol. The number of nitrogens with one attached hydrogen (secondary N) is 1. The molecule has 8 heteroatoms. The molecule has 0 radical (unpaired) electrons. The highest BCUT2D eigenvalue weighted by Crippen LogP contribution is 2.25.